The predicted octanol–water partition coefficient (Wildman–Crippen LogP) is 0.984. The maximum Gasteiger partial charge on any atom is 0.193 e. The molecule has 0 amide bonds. The van der Waals surface area contributed by atoms with Gasteiger partial charge in [-0.2, -0.15) is 11.8 Å². The molecule has 0 aromatic rings. The van der Waals surface area contributed by atoms with Crippen LogP contribution in [0.4, 0.5) is 0 Å². The van der Waals surface area contributed by atoms with Gasteiger partial charge in [0.05, 0.1) is 11.5 Å². The lowest BCUT2D eigenvalue weighted by Gasteiger charge is -2.36. The fourth-order valence-corrected chi connectivity index (χ4v) is 5.48. The second-order valence-corrected chi connectivity index (χ2v) is 10.2. The number of hydrogen-bond acceptors (Lipinski definition) is 5. The first kappa shape index (κ1) is 22.3. The lowest BCUT2D eigenvalue weighted by Crippen LogP contribution is -2.51. The molecular weight excluding hydrogens is 459 g/mol. The lowest BCUT2D eigenvalue weighted by atomic mass is 10.1. The van der Waals surface area contributed by atoms with Gasteiger partial charge in [-0.3, -0.25) is 9.89 Å². The average Bonchev–Trinajstić information content (AvgIpc) is 2.53. The quantitative estimate of drug-likeness (QED) is 0.360. The van der Waals surface area contributed by atoms with Gasteiger partial charge in [0.25, 0.3) is 0 Å². The summed E-state index contributed by atoms with van der Waals surface area (Å²) in [5, 5.41) is 4.10. The second kappa shape index (κ2) is 10.4. The highest BCUT2D eigenvalue weighted by Gasteiger charge is 2.25. The van der Waals surface area contributed by atoms with Crippen LogP contribution in [0.5, 0.6) is 0 Å². The smallest absolute Gasteiger partial charge is 0.193 e. The molecule has 1 N–H and O–H groups in total. The van der Waals surface area contributed by atoms with Crippen LogP contribution in [0.15, 0.2) is 4.99 Å². The van der Waals surface area contributed by atoms with Crippen molar-refractivity contribution in [2.24, 2.45) is 10.9 Å². The van der Waals surface area contributed by atoms with E-state index < -0.39 is 9.84 Å². The molecule has 0 spiro atoms. The van der Waals surface area contributed by atoms with Crippen molar-refractivity contribution < 1.29 is 8.42 Å². The Labute approximate surface area is 168 Å². The molecule has 0 aromatic carbocycles. The average molecular weight is 490 g/mol. The predicted molar refractivity (Wildman–Crippen MR) is 115 cm³/mol. The Morgan fingerprint density at radius 3 is 2.54 bits per heavy atom. The summed E-state index contributed by atoms with van der Waals surface area (Å²) in [7, 11) is -0.954. The highest BCUT2D eigenvalue weighted by atomic mass is 127. The van der Waals surface area contributed by atoms with Gasteiger partial charge in [0.1, 0.15) is 0 Å². The molecule has 0 aliphatic carbocycles. The third-order valence-electron chi connectivity index (χ3n) is 4.50. The van der Waals surface area contributed by atoms with Crippen molar-refractivity contribution in [3.63, 3.8) is 0 Å². The fourth-order valence-electron chi connectivity index (χ4n) is 2.90. The Morgan fingerprint density at radius 1 is 1.29 bits per heavy atom. The Morgan fingerprint density at radius 2 is 1.96 bits per heavy atom. The Kier molecular flexibility index (Phi) is 9.68. The summed E-state index contributed by atoms with van der Waals surface area (Å²) >= 11 is 2.06. The summed E-state index contributed by atoms with van der Waals surface area (Å²) in [5.74, 6) is 3.38. The van der Waals surface area contributed by atoms with Crippen molar-refractivity contribution >= 4 is 51.5 Å². The van der Waals surface area contributed by atoms with Crippen LogP contribution in [-0.2, 0) is 9.84 Å². The lowest BCUT2D eigenvalue weighted by molar-refractivity contribution is 0.296. The van der Waals surface area contributed by atoms with Crippen LogP contribution >= 0.6 is 35.7 Å². The van der Waals surface area contributed by atoms with Gasteiger partial charge >= 0.3 is 0 Å². The van der Waals surface area contributed by atoms with E-state index in [1.165, 1.54) is 0 Å². The molecule has 1 unspecified atom stereocenters. The molecule has 0 radical (unpaired) electrons. The molecule has 142 valence electrons. The first-order chi connectivity index (χ1) is 10.9. The molecule has 2 rings (SSSR count). The van der Waals surface area contributed by atoms with Crippen LogP contribution in [0.2, 0.25) is 0 Å². The number of halogens is 1. The number of sulfone groups is 1. The van der Waals surface area contributed by atoms with Crippen LogP contribution < -0.4 is 5.32 Å². The van der Waals surface area contributed by atoms with E-state index in [-0.39, 0.29) is 24.0 Å². The van der Waals surface area contributed by atoms with E-state index in [4.69, 9.17) is 0 Å². The molecule has 24 heavy (non-hydrogen) atoms. The summed E-state index contributed by atoms with van der Waals surface area (Å²) in [4.78, 5) is 8.98. The molecule has 9 heteroatoms. The maximum atomic E-state index is 11.4. The topological polar surface area (TPSA) is 65.0 Å². The number of hydrogen-bond donors (Lipinski definition) is 1. The highest BCUT2D eigenvalue weighted by Crippen LogP contribution is 2.24. The number of thioether (sulfide) groups is 1. The van der Waals surface area contributed by atoms with Gasteiger partial charge in [0.2, 0.25) is 0 Å². The molecule has 6 nitrogen and oxygen atoms in total. The third-order valence-corrected chi connectivity index (χ3v) is 7.65. The first-order valence-corrected chi connectivity index (χ1v) is 11.3. The van der Waals surface area contributed by atoms with Crippen LogP contribution in [0.1, 0.15) is 13.8 Å². The van der Waals surface area contributed by atoms with Gasteiger partial charge in [-0.25, -0.2) is 8.42 Å². The minimum absolute atomic E-state index is 0. The number of rotatable bonds is 4. The van der Waals surface area contributed by atoms with E-state index >= 15 is 0 Å². The summed E-state index contributed by atoms with van der Waals surface area (Å²) in [5.41, 5.74) is 0. The van der Waals surface area contributed by atoms with Gasteiger partial charge < -0.3 is 10.2 Å². The molecule has 2 saturated heterocycles. The number of nitrogens with zero attached hydrogens (tertiary/aromatic N) is 3. The van der Waals surface area contributed by atoms with E-state index in [1.807, 2.05) is 7.05 Å². The van der Waals surface area contributed by atoms with Gasteiger partial charge in [-0.15, -0.1) is 24.0 Å². The largest absolute Gasteiger partial charge is 0.355 e. The molecule has 1 atom stereocenters. The Balaban J connectivity index is 0.00000288. The number of guanidine groups is 1. The number of nitrogens with one attached hydrogen (secondary N) is 1. The zero-order valence-corrected chi connectivity index (χ0v) is 18.9. The fraction of sp³-hybridized carbons (Fsp3) is 0.933. The summed E-state index contributed by atoms with van der Waals surface area (Å²) in [6.07, 6.45) is 0. The van der Waals surface area contributed by atoms with E-state index in [2.05, 4.69) is 45.7 Å². The summed E-state index contributed by atoms with van der Waals surface area (Å²) in [6, 6.07) is 0. The molecule has 2 heterocycles. The van der Waals surface area contributed by atoms with Crippen LogP contribution in [0.25, 0.3) is 0 Å². The number of aliphatic imine (C=N–C) groups is 1. The van der Waals surface area contributed by atoms with Gasteiger partial charge in [-0.05, 0) is 5.92 Å². The van der Waals surface area contributed by atoms with Gasteiger partial charge in [-0.1, -0.05) is 13.8 Å². The van der Waals surface area contributed by atoms with E-state index in [0.717, 1.165) is 37.9 Å². The van der Waals surface area contributed by atoms with Gasteiger partial charge in [0, 0.05) is 57.3 Å². The molecule has 2 aliphatic heterocycles. The van der Waals surface area contributed by atoms with Crippen LogP contribution in [0, 0.1) is 5.92 Å². The molecule has 2 aliphatic rings. The maximum absolute atomic E-state index is 11.4. The van der Waals surface area contributed by atoms with E-state index in [1.54, 1.807) is 0 Å². The monoisotopic (exact) mass is 490 g/mol. The van der Waals surface area contributed by atoms with Crippen molar-refractivity contribution in [3.05, 3.63) is 0 Å². The van der Waals surface area contributed by atoms with Crippen LogP contribution in [0.3, 0.4) is 0 Å². The summed E-state index contributed by atoms with van der Waals surface area (Å²) in [6.45, 7) is 9.62. The second-order valence-electron chi connectivity index (χ2n) is 6.57. The first-order valence-electron chi connectivity index (χ1n) is 8.41. The zero-order valence-electron chi connectivity index (χ0n) is 14.9. The normalized spacial score (nSPS) is 25.4. The van der Waals surface area contributed by atoms with E-state index in [9.17, 15) is 8.42 Å². The van der Waals surface area contributed by atoms with E-state index in [0.29, 0.717) is 35.8 Å². The highest BCUT2D eigenvalue weighted by molar-refractivity contribution is 14.0. The van der Waals surface area contributed by atoms with Crippen molar-refractivity contribution in [1.29, 1.82) is 0 Å². The van der Waals surface area contributed by atoms with Crippen molar-refractivity contribution in [3.8, 4) is 0 Å². The third kappa shape index (κ3) is 6.87. The molecule has 0 aromatic heterocycles. The molecule has 0 bridgehead atoms. The van der Waals surface area contributed by atoms with Crippen molar-refractivity contribution in [2.75, 3.05) is 63.6 Å². The van der Waals surface area contributed by atoms with Gasteiger partial charge in [0.15, 0.2) is 15.8 Å². The van der Waals surface area contributed by atoms with Crippen LogP contribution in [-0.4, -0.2) is 93.0 Å². The molecule has 2 fully saturated rings. The SMILES string of the molecule is CN=C(NCCN1CCS(=O)(=O)CC1)N1CCSC(C(C)C)C1.I. The minimum Gasteiger partial charge on any atom is -0.355 e. The Bertz CT molecular complexity index is 500. The molecular formula is C15H31IN4O2S2. The van der Waals surface area contributed by atoms with Crippen molar-refractivity contribution in [2.45, 2.75) is 19.1 Å². The minimum atomic E-state index is -2.79. The zero-order chi connectivity index (χ0) is 16.9. The molecule has 0 saturated carbocycles. The van der Waals surface area contributed by atoms with Crippen molar-refractivity contribution in [1.82, 2.24) is 15.1 Å². The standard InChI is InChI=1S/C15H30N4O2S2.HI/c1-13(2)14-12-19(6-9-22-14)15(16-3)17-4-5-18-7-10-23(20,21)11-8-18;/h13-14H,4-12H2,1-3H3,(H,16,17);1H. The Hall–Kier alpha value is 0.260. The summed E-state index contributed by atoms with van der Waals surface area (Å²) < 4.78 is 22.9.